The van der Waals surface area contributed by atoms with Gasteiger partial charge in [-0.15, -0.1) is 0 Å². The van der Waals surface area contributed by atoms with Gasteiger partial charge in [-0.3, -0.25) is 4.79 Å². The van der Waals surface area contributed by atoms with Crippen molar-refractivity contribution in [3.8, 4) is 0 Å². The molecule has 0 radical (unpaired) electrons. The van der Waals surface area contributed by atoms with Crippen molar-refractivity contribution in [2.24, 2.45) is 10.8 Å². The van der Waals surface area contributed by atoms with Crippen LogP contribution in [0.4, 0.5) is 0 Å². The number of carbonyl (C=O) groups excluding carboxylic acids is 1. The molecule has 1 aromatic carbocycles. The minimum Gasteiger partial charge on any atom is -0.459 e. The Morgan fingerprint density at radius 2 is 1.92 bits per heavy atom. The molecule has 5 heteroatoms. The van der Waals surface area contributed by atoms with Crippen LogP contribution in [-0.4, -0.2) is 36.0 Å². The van der Waals surface area contributed by atoms with Crippen molar-refractivity contribution in [1.82, 2.24) is 0 Å². The molecule has 0 amide bonds. The minimum absolute atomic E-state index is 0.329. The van der Waals surface area contributed by atoms with Crippen LogP contribution in [-0.2, 0) is 19.0 Å². The van der Waals surface area contributed by atoms with Crippen molar-refractivity contribution in [2.45, 2.75) is 58.7 Å². The molecule has 1 heterocycles. The average Bonchev–Trinajstić information content (AvgIpc) is 2.51. The summed E-state index contributed by atoms with van der Waals surface area (Å²) in [6, 6.07) is 9.67. The number of aliphatic hydroxyl groups is 1. The Morgan fingerprint density at radius 3 is 2.54 bits per heavy atom. The van der Waals surface area contributed by atoms with Gasteiger partial charge in [0.1, 0.15) is 12.2 Å². The number of hydrogen-bond donors (Lipinski definition) is 1. The second kappa shape index (κ2) is 6.14. The standard InChI is InChI=1S/C19H26O5/c1-12(20)23-15-14(21)16-19(4,10-18(15,2)3)11-22-17(24-16)13-8-6-5-7-9-13/h5-9,14-17,21H,10-11H2,1-4H3. The van der Waals surface area contributed by atoms with Crippen LogP contribution in [0.25, 0.3) is 0 Å². The molecule has 2 fully saturated rings. The Bertz CT molecular complexity index is 599. The van der Waals surface area contributed by atoms with Gasteiger partial charge >= 0.3 is 5.97 Å². The molecule has 5 atom stereocenters. The van der Waals surface area contributed by atoms with E-state index in [0.29, 0.717) is 6.61 Å². The van der Waals surface area contributed by atoms with E-state index in [1.165, 1.54) is 6.92 Å². The number of aliphatic hydroxyl groups excluding tert-OH is 1. The van der Waals surface area contributed by atoms with Gasteiger partial charge in [0.2, 0.25) is 0 Å². The highest BCUT2D eigenvalue weighted by molar-refractivity contribution is 5.66. The third-order valence-electron chi connectivity index (χ3n) is 5.14. The van der Waals surface area contributed by atoms with Gasteiger partial charge in [0.25, 0.3) is 0 Å². The summed E-state index contributed by atoms with van der Waals surface area (Å²) >= 11 is 0. The first-order valence-electron chi connectivity index (χ1n) is 8.40. The molecule has 1 saturated heterocycles. The number of carbonyl (C=O) groups is 1. The van der Waals surface area contributed by atoms with Gasteiger partial charge in [0.15, 0.2) is 6.29 Å². The lowest BCUT2D eigenvalue weighted by atomic mass is 9.60. The molecule has 1 aromatic rings. The third-order valence-corrected chi connectivity index (χ3v) is 5.14. The van der Waals surface area contributed by atoms with Gasteiger partial charge < -0.3 is 19.3 Å². The zero-order chi connectivity index (χ0) is 17.5. The van der Waals surface area contributed by atoms with Gasteiger partial charge in [-0.25, -0.2) is 0 Å². The van der Waals surface area contributed by atoms with Crippen LogP contribution in [0.15, 0.2) is 30.3 Å². The van der Waals surface area contributed by atoms with E-state index in [0.717, 1.165) is 12.0 Å². The SMILES string of the molecule is CC(=O)OC1C(O)C2OC(c3ccccc3)OCC2(C)CC1(C)C. The van der Waals surface area contributed by atoms with Gasteiger partial charge in [0, 0.05) is 23.3 Å². The van der Waals surface area contributed by atoms with Crippen LogP contribution in [0.2, 0.25) is 0 Å². The first kappa shape index (κ1) is 17.4. The fourth-order valence-corrected chi connectivity index (χ4v) is 4.28. The maximum Gasteiger partial charge on any atom is 0.303 e. The molecule has 24 heavy (non-hydrogen) atoms. The van der Waals surface area contributed by atoms with E-state index in [9.17, 15) is 9.90 Å². The predicted molar refractivity (Wildman–Crippen MR) is 88.1 cm³/mol. The average molecular weight is 334 g/mol. The van der Waals surface area contributed by atoms with Crippen LogP contribution >= 0.6 is 0 Å². The summed E-state index contributed by atoms with van der Waals surface area (Å²) in [4.78, 5) is 11.5. The summed E-state index contributed by atoms with van der Waals surface area (Å²) in [6.45, 7) is 7.94. The number of esters is 1. The molecule has 0 bridgehead atoms. The first-order chi connectivity index (χ1) is 11.2. The number of ether oxygens (including phenoxy) is 3. The Hall–Kier alpha value is -1.43. The molecule has 132 valence electrons. The lowest BCUT2D eigenvalue weighted by molar-refractivity contribution is -0.323. The van der Waals surface area contributed by atoms with E-state index in [4.69, 9.17) is 14.2 Å². The van der Waals surface area contributed by atoms with E-state index in [1.807, 2.05) is 44.2 Å². The van der Waals surface area contributed by atoms with Crippen molar-refractivity contribution < 1.29 is 24.1 Å². The Balaban J connectivity index is 1.86. The lowest BCUT2D eigenvalue weighted by Gasteiger charge is -2.56. The number of benzene rings is 1. The van der Waals surface area contributed by atoms with Gasteiger partial charge in [-0.2, -0.15) is 0 Å². The van der Waals surface area contributed by atoms with Crippen molar-refractivity contribution in [3.05, 3.63) is 35.9 Å². The van der Waals surface area contributed by atoms with Gasteiger partial charge in [-0.1, -0.05) is 51.1 Å². The first-order valence-corrected chi connectivity index (χ1v) is 8.40. The van der Waals surface area contributed by atoms with Crippen LogP contribution in [0.5, 0.6) is 0 Å². The molecule has 2 aliphatic rings. The quantitative estimate of drug-likeness (QED) is 0.843. The Kier molecular flexibility index (Phi) is 4.45. The smallest absolute Gasteiger partial charge is 0.303 e. The molecule has 5 nitrogen and oxygen atoms in total. The highest BCUT2D eigenvalue weighted by Crippen LogP contribution is 2.52. The molecule has 1 saturated carbocycles. The maximum absolute atomic E-state index is 11.5. The molecular weight excluding hydrogens is 308 g/mol. The topological polar surface area (TPSA) is 65.0 Å². The van der Waals surface area contributed by atoms with Gasteiger partial charge in [-0.05, 0) is 6.42 Å². The summed E-state index contributed by atoms with van der Waals surface area (Å²) in [5.74, 6) is -0.387. The highest BCUT2D eigenvalue weighted by Gasteiger charge is 2.58. The van der Waals surface area contributed by atoms with Crippen LogP contribution in [0.3, 0.4) is 0 Å². The largest absolute Gasteiger partial charge is 0.459 e. The van der Waals surface area contributed by atoms with E-state index in [-0.39, 0.29) is 16.8 Å². The second-order valence-corrected chi connectivity index (χ2v) is 7.95. The molecule has 3 rings (SSSR count). The summed E-state index contributed by atoms with van der Waals surface area (Å²) in [5.41, 5.74) is 0.230. The number of hydrogen-bond acceptors (Lipinski definition) is 5. The van der Waals surface area contributed by atoms with Crippen molar-refractivity contribution in [1.29, 1.82) is 0 Å². The van der Waals surface area contributed by atoms with E-state index in [1.54, 1.807) is 0 Å². The molecular formula is C19H26O5. The van der Waals surface area contributed by atoms with Crippen molar-refractivity contribution in [2.75, 3.05) is 6.61 Å². The van der Waals surface area contributed by atoms with Crippen molar-refractivity contribution >= 4 is 5.97 Å². The molecule has 0 spiro atoms. The van der Waals surface area contributed by atoms with Crippen LogP contribution < -0.4 is 0 Å². The minimum atomic E-state index is -0.891. The van der Waals surface area contributed by atoms with E-state index < -0.39 is 24.6 Å². The third kappa shape index (κ3) is 3.08. The number of fused-ring (bicyclic) bond motifs is 1. The second-order valence-electron chi connectivity index (χ2n) is 7.95. The zero-order valence-electron chi connectivity index (χ0n) is 14.7. The fourth-order valence-electron chi connectivity index (χ4n) is 4.28. The van der Waals surface area contributed by atoms with Crippen LogP contribution in [0, 0.1) is 10.8 Å². The fraction of sp³-hybridized carbons (Fsp3) is 0.632. The van der Waals surface area contributed by atoms with E-state index in [2.05, 4.69) is 6.92 Å². The molecule has 5 unspecified atom stereocenters. The van der Waals surface area contributed by atoms with Crippen molar-refractivity contribution in [3.63, 3.8) is 0 Å². The maximum atomic E-state index is 11.5. The molecule has 1 aliphatic heterocycles. The summed E-state index contributed by atoms with van der Waals surface area (Å²) in [7, 11) is 0. The number of rotatable bonds is 2. The zero-order valence-corrected chi connectivity index (χ0v) is 14.7. The van der Waals surface area contributed by atoms with Gasteiger partial charge in [0.05, 0.1) is 12.7 Å². The Morgan fingerprint density at radius 1 is 1.25 bits per heavy atom. The Labute approximate surface area is 142 Å². The summed E-state index contributed by atoms with van der Waals surface area (Å²) < 4.78 is 17.5. The molecule has 1 N–H and O–H groups in total. The molecule has 0 aromatic heterocycles. The van der Waals surface area contributed by atoms with E-state index >= 15 is 0 Å². The highest BCUT2D eigenvalue weighted by atomic mass is 16.7. The lowest BCUT2D eigenvalue weighted by Crippen LogP contribution is -2.64. The molecule has 1 aliphatic carbocycles. The monoisotopic (exact) mass is 334 g/mol. The van der Waals surface area contributed by atoms with Crippen LogP contribution in [0.1, 0.15) is 46.0 Å². The summed E-state index contributed by atoms with van der Waals surface area (Å²) in [5, 5.41) is 10.9. The normalized spacial score (nSPS) is 38.2. The predicted octanol–water partition coefficient (Wildman–Crippen LogP) is 2.83. The summed E-state index contributed by atoms with van der Waals surface area (Å²) in [6.07, 6.45) is -1.71.